The number of benzene rings is 2. The first-order valence-corrected chi connectivity index (χ1v) is 11.3. The molecule has 1 atom stereocenters. The van der Waals surface area contributed by atoms with E-state index in [2.05, 4.69) is 44.3 Å². The van der Waals surface area contributed by atoms with Crippen LogP contribution in [0.2, 0.25) is 0 Å². The van der Waals surface area contributed by atoms with Crippen LogP contribution in [0.15, 0.2) is 58.2 Å². The number of hydrogen-bond donors (Lipinski definition) is 1. The first kappa shape index (κ1) is 20.0. The van der Waals surface area contributed by atoms with E-state index in [9.17, 15) is 4.79 Å². The van der Waals surface area contributed by atoms with Gasteiger partial charge in [-0.15, -0.1) is 10.2 Å². The number of hydrogen-bond acceptors (Lipinski definition) is 5. The van der Waals surface area contributed by atoms with E-state index in [0.29, 0.717) is 11.0 Å². The number of nitrogen functional groups attached to an aromatic ring is 1. The summed E-state index contributed by atoms with van der Waals surface area (Å²) < 4.78 is 2.33. The van der Waals surface area contributed by atoms with Crippen molar-refractivity contribution >= 4 is 33.6 Å². The van der Waals surface area contributed by atoms with Crippen LogP contribution in [0.4, 0.5) is 0 Å². The molecule has 0 bridgehead atoms. The third-order valence-electron chi connectivity index (χ3n) is 5.30. The molecule has 150 valence electrons. The fourth-order valence-electron chi connectivity index (χ4n) is 3.73. The van der Waals surface area contributed by atoms with Crippen LogP contribution >= 0.6 is 27.7 Å². The number of amides is 1. The van der Waals surface area contributed by atoms with Gasteiger partial charge < -0.3 is 10.7 Å². The molecule has 3 aromatic rings. The number of nitrogens with two attached hydrogens (primary N) is 1. The summed E-state index contributed by atoms with van der Waals surface area (Å²) in [6.45, 7) is 0. The predicted molar refractivity (Wildman–Crippen MR) is 119 cm³/mol. The van der Waals surface area contributed by atoms with Gasteiger partial charge in [0.25, 0.3) is 0 Å². The van der Waals surface area contributed by atoms with Gasteiger partial charge in [-0.3, -0.25) is 4.79 Å². The third kappa shape index (κ3) is 4.04. The zero-order valence-corrected chi connectivity index (χ0v) is 18.5. The Morgan fingerprint density at radius 3 is 2.83 bits per heavy atom. The number of fused-ring (bicyclic) bond motifs is 1. The van der Waals surface area contributed by atoms with Crippen molar-refractivity contribution < 1.29 is 4.79 Å². The van der Waals surface area contributed by atoms with E-state index in [1.54, 1.807) is 0 Å². The summed E-state index contributed by atoms with van der Waals surface area (Å²) in [5, 5.41) is 8.89. The lowest BCUT2D eigenvalue weighted by molar-refractivity contribution is -0.129. The minimum absolute atomic E-state index is 0.0575. The topological polar surface area (TPSA) is 77.0 Å². The molecular weight excluding hydrogens is 450 g/mol. The highest BCUT2D eigenvalue weighted by Crippen LogP contribution is 2.34. The van der Waals surface area contributed by atoms with Gasteiger partial charge >= 0.3 is 0 Å². The number of nitrogens with zero attached hydrogens (tertiary/aromatic N) is 4. The Morgan fingerprint density at radius 1 is 1.24 bits per heavy atom. The molecule has 6 nitrogen and oxygen atoms in total. The van der Waals surface area contributed by atoms with E-state index in [1.807, 2.05) is 42.3 Å². The maximum Gasteiger partial charge on any atom is 0.233 e. The summed E-state index contributed by atoms with van der Waals surface area (Å²) in [5.74, 6) is 7.08. The largest absolute Gasteiger partial charge is 0.338 e. The number of carbonyl (C=O) groups is 1. The minimum Gasteiger partial charge on any atom is -0.338 e. The Morgan fingerprint density at radius 2 is 2.00 bits per heavy atom. The maximum absolute atomic E-state index is 12.9. The molecule has 0 saturated carbocycles. The molecule has 0 spiro atoms. The van der Waals surface area contributed by atoms with E-state index >= 15 is 0 Å². The van der Waals surface area contributed by atoms with Gasteiger partial charge in [-0.25, -0.2) is 4.68 Å². The number of aryl methyl sites for hydroxylation is 1. The van der Waals surface area contributed by atoms with E-state index in [4.69, 9.17) is 5.84 Å². The monoisotopic (exact) mass is 471 g/mol. The average Bonchev–Trinajstić information content (AvgIpc) is 3.11. The fraction of sp³-hybridized carbons (Fsp3) is 0.286. The SMILES string of the molecule is CN(C(=O)CSc1nnc(-c2ccccc2Br)n1N)C1CCCc2ccccc21. The molecule has 0 saturated heterocycles. The first-order valence-electron chi connectivity index (χ1n) is 9.48. The Labute approximate surface area is 182 Å². The van der Waals surface area contributed by atoms with Gasteiger partial charge in [0.05, 0.1) is 11.8 Å². The number of halogens is 1. The molecule has 2 N–H and O–H groups in total. The summed E-state index contributed by atoms with van der Waals surface area (Å²) in [7, 11) is 1.88. The lowest BCUT2D eigenvalue weighted by Gasteiger charge is -2.33. The second-order valence-electron chi connectivity index (χ2n) is 7.06. The Kier molecular flexibility index (Phi) is 5.91. The van der Waals surface area contributed by atoms with Crippen LogP contribution in [0.25, 0.3) is 11.4 Å². The third-order valence-corrected chi connectivity index (χ3v) is 6.92. The van der Waals surface area contributed by atoms with Crippen molar-refractivity contribution in [2.75, 3.05) is 18.6 Å². The number of aromatic nitrogens is 3. The van der Waals surface area contributed by atoms with Crippen LogP contribution in [-0.2, 0) is 11.2 Å². The second kappa shape index (κ2) is 8.59. The van der Waals surface area contributed by atoms with Gasteiger partial charge in [0.1, 0.15) is 0 Å². The normalized spacial score (nSPS) is 15.7. The molecule has 1 amide bonds. The summed E-state index contributed by atoms with van der Waals surface area (Å²) in [6, 6.07) is 16.2. The first-order chi connectivity index (χ1) is 14.1. The molecule has 1 aliphatic carbocycles. The molecule has 1 heterocycles. The van der Waals surface area contributed by atoms with Crippen molar-refractivity contribution in [1.29, 1.82) is 0 Å². The quantitative estimate of drug-likeness (QED) is 0.448. The molecule has 8 heteroatoms. The molecule has 1 unspecified atom stereocenters. The molecule has 0 aliphatic heterocycles. The van der Waals surface area contributed by atoms with E-state index in [0.717, 1.165) is 29.3 Å². The van der Waals surface area contributed by atoms with Crippen molar-refractivity contribution in [1.82, 2.24) is 19.8 Å². The highest BCUT2D eigenvalue weighted by atomic mass is 79.9. The number of thioether (sulfide) groups is 1. The standard InChI is InChI=1S/C21H22BrN5OS/c1-26(18-12-6-8-14-7-2-3-9-15(14)18)19(28)13-29-21-25-24-20(27(21)23)16-10-4-5-11-17(16)22/h2-5,7,9-11,18H,6,8,12-13,23H2,1H3. The maximum atomic E-state index is 12.9. The molecule has 0 radical (unpaired) electrons. The van der Waals surface area contributed by atoms with Gasteiger partial charge in [-0.05, 0) is 42.5 Å². The predicted octanol–water partition coefficient (Wildman–Crippen LogP) is 4.05. The summed E-state index contributed by atoms with van der Waals surface area (Å²) >= 11 is 4.82. The molecule has 4 rings (SSSR count). The molecule has 1 aliphatic rings. The zero-order chi connectivity index (χ0) is 20.4. The number of rotatable bonds is 5. The van der Waals surface area contributed by atoms with Gasteiger partial charge in [0.15, 0.2) is 5.82 Å². The molecular formula is C21H22BrN5OS. The summed E-state index contributed by atoms with van der Waals surface area (Å²) in [4.78, 5) is 14.7. The molecule has 1 aromatic heterocycles. The van der Waals surface area contributed by atoms with Gasteiger partial charge in [0, 0.05) is 17.1 Å². The van der Waals surface area contributed by atoms with E-state index in [1.165, 1.54) is 27.6 Å². The molecule has 29 heavy (non-hydrogen) atoms. The van der Waals surface area contributed by atoms with Crippen LogP contribution in [0.5, 0.6) is 0 Å². The summed E-state index contributed by atoms with van der Waals surface area (Å²) in [5.41, 5.74) is 3.46. The molecule has 2 aromatic carbocycles. The van der Waals surface area contributed by atoms with Crippen molar-refractivity contribution in [2.24, 2.45) is 0 Å². The van der Waals surface area contributed by atoms with Crippen LogP contribution in [0.3, 0.4) is 0 Å². The van der Waals surface area contributed by atoms with Crippen molar-refractivity contribution in [3.8, 4) is 11.4 Å². The highest BCUT2D eigenvalue weighted by Gasteiger charge is 2.27. The Bertz CT molecular complexity index is 1040. The van der Waals surface area contributed by atoms with Crippen LogP contribution in [0, 0.1) is 0 Å². The summed E-state index contributed by atoms with van der Waals surface area (Å²) in [6.07, 6.45) is 3.17. The van der Waals surface area contributed by atoms with Gasteiger partial charge in [-0.1, -0.05) is 64.1 Å². The lowest BCUT2D eigenvalue weighted by atomic mass is 9.87. The lowest BCUT2D eigenvalue weighted by Crippen LogP contribution is -2.34. The van der Waals surface area contributed by atoms with Crippen LogP contribution in [-0.4, -0.2) is 38.5 Å². The minimum atomic E-state index is 0.0575. The van der Waals surface area contributed by atoms with Crippen molar-refractivity contribution in [2.45, 2.75) is 30.5 Å². The van der Waals surface area contributed by atoms with E-state index in [-0.39, 0.29) is 17.7 Å². The molecule has 0 fully saturated rings. The second-order valence-corrected chi connectivity index (χ2v) is 8.85. The smallest absolute Gasteiger partial charge is 0.233 e. The van der Waals surface area contributed by atoms with Gasteiger partial charge in [0.2, 0.25) is 11.1 Å². The van der Waals surface area contributed by atoms with Gasteiger partial charge in [-0.2, -0.15) is 0 Å². The van der Waals surface area contributed by atoms with E-state index < -0.39 is 0 Å². The number of carbonyl (C=O) groups excluding carboxylic acids is 1. The van der Waals surface area contributed by atoms with Crippen molar-refractivity contribution in [3.63, 3.8) is 0 Å². The highest BCUT2D eigenvalue weighted by molar-refractivity contribution is 9.10. The fourth-order valence-corrected chi connectivity index (χ4v) is 4.98. The van der Waals surface area contributed by atoms with Crippen molar-refractivity contribution in [3.05, 3.63) is 64.1 Å². The van der Waals surface area contributed by atoms with Crippen LogP contribution in [0.1, 0.15) is 30.0 Å². The Balaban J connectivity index is 1.45. The average molecular weight is 472 g/mol. The van der Waals surface area contributed by atoms with Crippen LogP contribution < -0.4 is 5.84 Å². The zero-order valence-electron chi connectivity index (χ0n) is 16.1. The Hall–Kier alpha value is -2.32.